The summed E-state index contributed by atoms with van der Waals surface area (Å²) < 4.78 is 6.68. The number of carbonyl (C=O) groups excluding carboxylic acids is 1. The van der Waals surface area contributed by atoms with Crippen LogP contribution in [0.5, 0.6) is 0 Å². The predicted molar refractivity (Wildman–Crippen MR) is 88.8 cm³/mol. The van der Waals surface area contributed by atoms with Gasteiger partial charge in [0.15, 0.2) is 0 Å². The highest BCUT2D eigenvalue weighted by Gasteiger charge is 2.30. The van der Waals surface area contributed by atoms with Crippen molar-refractivity contribution in [3.05, 3.63) is 17.8 Å². The van der Waals surface area contributed by atoms with Crippen molar-refractivity contribution in [3.63, 3.8) is 0 Å². The average Bonchev–Trinajstić information content (AvgIpc) is 3.11. The first-order valence-corrected chi connectivity index (χ1v) is 8.75. The molecule has 1 amide bonds. The van der Waals surface area contributed by atoms with Crippen molar-refractivity contribution in [2.45, 2.75) is 6.10 Å². The van der Waals surface area contributed by atoms with Gasteiger partial charge >= 0.3 is 0 Å². The van der Waals surface area contributed by atoms with Crippen molar-refractivity contribution < 1.29 is 9.53 Å². The average molecular weight is 333 g/mol. The number of amides is 1. The van der Waals surface area contributed by atoms with Gasteiger partial charge in [-0.05, 0) is 11.4 Å². The summed E-state index contributed by atoms with van der Waals surface area (Å²) in [6.07, 6.45) is 1.28. The van der Waals surface area contributed by atoms with Gasteiger partial charge in [0.05, 0.1) is 16.8 Å². The standard InChI is InChI=1S/C15H19N5O2S/c21-15(12-9-16-2-7-22-12)20-5-3-19(4-6-20)14-13-11(1-8-23-13)17-10-18-14/h1,8,10,12,16H,2-7,9H2. The Labute approximate surface area is 138 Å². The first-order chi connectivity index (χ1) is 11.3. The van der Waals surface area contributed by atoms with E-state index in [1.165, 1.54) is 0 Å². The molecular weight excluding hydrogens is 314 g/mol. The molecule has 0 bridgehead atoms. The first kappa shape index (κ1) is 14.8. The number of fused-ring (bicyclic) bond motifs is 1. The Morgan fingerprint density at radius 2 is 2.17 bits per heavy atom. The number of hydrogen-bond acceptors (Lipinski definition) is 7. The molecule has 4 heterocycles. The van der Waals surface area contributed by atoms with Gasteiger partial charge in [-0.25, -0.2) is 9.97 Å². The third-order valence-corrected chi connectivity index (χ3v) is 5.22. The quantitative estimate of drug-likeness (QED) is 0.854. The molecule has 1 unspecified atom stereocenters. The second-order valence-corrected chi connectivity index (χ2v) is 6.62. The third-order valence-electron chi connectivity index (χ3n) is 4.32. The molecule has 122 valence electrons. The van der Waals surface area contributed by atoms with Crippen molar-refractivity contribution in [1.29, 1.82) is 0 Å². The number of nitrogens with zero attached hydrogens (tertiary/aromatic N) is 4. The van der Waals surface area contributed by atoms with E-state index in [1.54, 1.807) is 17.7 Å². The van der Waals surface area contributed by atoms with Crippen molar-refractivity contribution >= 4 is 33.3 Å². The van der Waals surface area contributed by atoms with Crippen LogP contribution in [0.15, 0.2) is 17.8 Å². The van der Waals surface area contributed by atoms with Gasteiger partial charge in [-0.3, -0.25) is 4.79 Å². The van der Waals surface area contributed by atoms with E-state index in [0.29, 0.717) is 26.2 Å². The van der Waals surface area contributed by atoms with Crippen molar-refractivity contribution in [2.24, 2.45) is 0 Å². The van der Waals surface area contributed by atoms with Crippen LogP contribution in [0.2, 0.25) is 0 Å². The molecule has 2 fully saturated rings. The monoisotopic (exact) mass is 333 g/mol. The van der Waals surface area contributed by atoms with E-state index < -0.39 is 0 Å². The molecule has 2 aromatic rings. The molecule has 8 heteroatoms. The van der Waals surface area contributed by atoms with E-state index >= 15 is 0 Å². The first-order valence-electron chi connectivity index (χ1n) is 7.87. The number of carbonyl (C=O) groups is 1. The topological polar surface area (TPSA) is 70.6 Å². The zero-order chi connectivity index (χ0) is 15.6. The third kappa shape index (κ3) is 2.89. The molecule has 4 rings (SSSR count). The summed E-state index contributed by atoms with van der Waals surface area (Å²) in [5, 5.41) is 5.25. The summed E-state index contributed by atoms with van der Waals surface area (Å²) in [6, 6.07) is 2.01. The minimum absolute atomic E-state index is 0.0980. The molecule has 7 nitrogen and oxygen atoms in total. The fourth-order valence-electron chi connectivity index (χ4n) is 3.07. The molecular formula is C15H19N5O2S. The maximum Gasteiger partial charge on any atom is 0.253 e. The zero-order valence-corrected chi connectivity index (χ0v) is 13.6. The summed E-state index contributed by atoms with van der Waals surface area (Å²) in [6.45, 7) is 5.02. The second-order valence-electron chi connectivity index (χ2n) is 5.71. The normalized spacial score (nSPS) is 22.5. The molecule has 0 aromatic carbocycles. The Balaban J connectivity index is 1.42. The highest BCUT2D eigenvalue weighted by molar-refractivity contribution is 7.17. The molecule has 23 heavy (non-hydrogen) atoms. The maximum absolute atomic E-state index is 12.5. The van der Waals surface area contributed by atoms with Gasteiger partial charge in [-0.15, -0.1) is 11.3 Å². The van der Waals surface area contributed by atoms with Crippen LogP contribution in [0, 0.1) is 0 Å². The summed E-state index contributed by atoms with van der Waals surface area (Å²) in [5.74, 6) is 1.08. The number of thiophene rings is 1. The van der Waals surface area contributed by atoms with Crippen LogP contribution < -0.4 is 10.2 Å². The maximum atomic E-state index is 12.5. The highest BCUT2D eigenvalue weighted by Crippen LogP contribution is 2.28. The molecule has 2 saturated heterocycles. The van der Waals surface area contributed by atoms with E-state index in [0.717, 1.165) is 35.7 Å². The highest BCUT2D eigenvalue weighted by atomic mass is 32.1. The number of rotatable bonds is 2. The lowest BCUT2D eigenvalue weighted by atomic mass is 10.2. The van der Waals surface area contributed by atoms with Crippen molar-refractivity contribution in [2.75, 3.05) is 50.8 Å². The summed E-state index contributed by atoms with van der Waals surface area (Å²) in [7, 11) is 0. The Kier molecular flexibility index (Phi) is 4.11. The van der Waals surface area contributed by atoms with Crippen LogP contribution in [0.1, 0.15) is 0 Å². The minimum Gasteiger partial charge on any atom is -0.366 e. The number of morpholine rings is 1. The van der Waals surface area contributed by atoms with Crippen LogP contribution >= 0.6 is 11.3 Å². The Morgan fingerprint density at radius 1 is 1.30 bits per heavy atom. The second kappa shape index (κ2) is 6.38. The van der Waals surface area contributed by atoms with E-state index in [9.17, 15) is 4.79 Å². The number of ether oxygens (including phenoxy) is 1. The Bertz CT molecular complexity index is 692. The fourth-order valence-corrected chi connectivity index (χ4v) is 3.93. The number of aromatic nitrogens is 2. The summed E-state index contributed by atoms with van der Waals surface area (Å²) >= 11 is 1.66. The number of piperazine rings is 1. The SMILES string of the molecule is O=C(C1CNCCO1)N1CCN(c2ncnc3ccsc23)CC1. The van der Waals surface area contributed by atoms with E-state index in [1.807, 2.05) is 16.3 Å². The lowest BCUT2D eigenvalue weighted by molar-refractivity contribution is -0.145. The van der Waals surface area contributed by atoms with Gasteiger partial charge in [0.25, 0.3) is 5.91 Å². The van der Waals surface area contributed by atoms with Gasteiger partial charge in [0, 0.05) is 39.3 Å². The van der Waals surface area contributed by atoms with E-state index in [2.05, 4.69) is 20.2 Å². The largest absolute Gasteiger partial charge is 0.366 e. The Hall–Kier alpha value is -1.77. The zero-order valence-electron chi connectivity index (χ0n) is 12.8. The molecule has 2 aliphatic rings. The van der Waals surface area contributed by atoms with Crippen molar-refractivity contribution in [3.8, 4) is 0 Å². The lowest BCUT2D eigenvalue weighted by Crippen LogP contribution is -2.55. The minimum atomic E-state index is -0.335. The molecule has 1 N–H and O–H groups in total. The van der Waals surface area contributed by atoms with Crippen LogP contribution in [0.3, 0.4) is 0 Å². The molecule has 2 aliphatic heterocycles. The van der Waals surface area contributed by atoms with Crippen LogP contribution in [0.4, 0.5) is 5.82 Å². The van der Waals surface area contributed by atoms with Crippen molar-refractivity contribution in [1.82, 2.24) is 20.2 Å². The van der Waals surface area contributed by atoms with Gasteiger partial charge < -0.3 is 19.9 Å². The molecule has 0 aliphatic carbocycles. The molecule has 0 radical (unpaired) electrons. The lowest BCUT2D eigenvalue weighted by Gasteiger charge is -2.37. The predicted octanol–water partition coefficient (Wildman–Crippen LogP) is 0.328. The summed E-state index contributed by atoms with van der Waals surface area (Å²) in [4.78, 5) is 25.4. The van der Waals surface area contributed by atoms with E-state index in [4.69, 9.17) is 4.74 Å². The number of nitrogens with one attached hydrogen (secondary N) is 1. The molecule has 0 spiro atoms. The van der Waals surface area contributed by atoms with Gasteiger partial charge in [-0.1, -0.05) is 0 Å². The fraction of sp³-hybridized carbons (Fsp3) is 0.533. The molecule has 2 aromatic heterocycles. The smallest absolute Gasteiger partial charge is 0.253 e. The van der Waals surface area contributed by atoms with Crippen LogP contribution in [-0.4, -0.2) is 72.8 Å². The Morgan fingerprint density at radius 3 is 2.96 bits per heavy atom. The summed E-state index contributed by atoms with van der Waals surface area (Å²) in [5.41, 5.74) is 0.986. The van der Waals surface area contributed by atoms with Gasteiger partial charge in [0.1, 0.15) is 18.2 Å². The molecule has 1 atom stereocenters. The number of anilines is 1. The number of hydrogen-bond donors (Lipinski definition) is 1. The van der Waals surface area contributed by atoms with E-state index in [-0.39, 0.29) is 12.0 Å². The molecule has 0 saturated carbocycles. The van der Waals surface area contributed by atoms with Gasteiger partial charge in [-0.2, -0.15) is 0 Å². The van der Waals surface area contributed by atoms with Gasteiger partial charge in [0.2, 0.25) is 0 Å². The van der Waals surface area contributed by atoms with Crippen LogP contribution in [-0.2, 0) is 9.53 Å². The van der Waals surface area contributed by atoms with Crippen LogP contribution in [0.25, 0.3) is 10.2 Å².